The third-order valence-electron chi connectivity index (χ3n) is 1.75. The molecule has 13 heavy (non-hydrogen) atoms. The highest BCUT2D eigenvalue weighted by molar-refractivity contribution is 7.89. The van der Waals surface area contributed by atoms with E-state index in [2.05, 4.69) is 0 Å². The van der Waals surface area contributed by atoms with Crippen LogP contribution in [0.4, 0.5) is 0 Å². The van der Waals surface area contributed by atoms with E-state index in [9.17, 15) is 8.42 Å². The molecule has 4 nitrogen and oxygen atoms in total. The van der Waals surface area contributed by atoms with Crippen molar-refractivity contribution in [2.24, 2.45) is 0 Å². The first-order chi connectivity index (χ1) is 6.11. The largest absolute Gasteiger partial charge is 0.378 e. The van der Waals surface area contributed by atoms with Crippen LogP contribution < -0.4 is 0 Å². The average molecular weight is 203 g/mol. The Labute approximate surface area is 78.2 Å². The molecule has 1 heterocycles. The third-order valence-corrected chi connectivity index (χ3v) is 3.44. The van der Waals surface area contributed by atoms with Gasteiger partial charge in [-0.1, -0.05) is 0 Å². The van der Waals surface area contributed by atoms with E-state index >= 15 is 0 Å². The zero-order valence-electron chi connectivity index (χ0n) is 7.73. The normalized spacial score (nSPS) is 11.8. The third kappa shape index (κ3) is 2.10. The number of nitrogens with zero attached hydrogens (tertiary/aromatic N) is 1. The summed E-state index contributed by atoms with van der Waals surface area (Å²) in [5, 5.41) is 0. The van der Waals surface area contributed by atoms with Gasteiger partial charge in [0.05, 0.1) is 18.1 Å². The standard InChI is InChI=1S/C8H13NO3S/c1-3-13(10,11)9-6-4-5-8(9)7-12-2/h4-6H,3,7H2,1-2H3. The fourth-order valence-electron chi connectivity index (χ4n) is 1.07. The van der Waals surface area contributed by atoms with E-state index in [1.165, 1.54) is 17.3 Å². The van der Waals surface area contributed by atoms with Crippen LogP contribution in [0.1, 0.15) is 12.6 Å². The van der Waals surface area contributed by atoms with Gasteiger partial charge in [-0.2, -0.15) is 0 Å². The van der Waals surface area contributed by atoms with Gasteiger partial charge in [-0.15, -0.1) is 0 Å². The molecule has 0 amide bonds. The van der Waals surface area contributed by atoms with Crippen LogP contribution >= 0.6 is 0 Å². The SMILES string of the molecule is CCS(=O)(=O)n1cccc1COC. The van der Waals surface area contributed by atoms with Crippen LogP contribution in [0.2, 0.25) is 0 Å². The highest BCUT2D eigenvalue weighted by atomic mass is 32.2. The van der Waals surface area contributed by atoms with Crippen molar-refractivity contribution in [3.8, 4) is 0 Å². The maximum atomic E-state index is 11.5. The van der Waals surface area contributed by atoms with E-state index in [0.29, 0.717) is 12.3 Å². The molecular weight excluding hydrogens is 190 g/mol. The Morgan fingerprint density at radius 3 is 2.77 bits per heavy atom. The first kappa shape index (κ1) is 10.3. The molecule has 74 valence electrons. The molecule has 0 unspecified atom stereocenters. The smallest absolute Gasteiger partial charge is 0.238 e. The number of hydrogen-bond donors (Lipinski definition) is 0. The summed E-state index contributed by atoms with van der Waals surface area (Å²) in [6.07, 6.45) is 1.53. The molecule has 0 aliphatic carbocycles. The Morgan fingerprint density at radius 2 is 2.23 bits per heavy atom. The predicted octanol–water partition coefficient (Wildman–Crippen LogP) is 0.832. The van der Waals surface area contributed by atoms with E-state index in [1.807, 2.05) is 0 Å². The number of hydrogen-bond acceptors (Lipinski definition) is 3. The second kappa shape index (κ2) is 3.93. The Hall–Kier alpha value is -0.810. The first-order valence-corrected chi connectivity index (χ1v) is 5.61. The summed E-state index contributed by atoms with van der Waals surface area (Å²) in [7, 11) is -1.63. The molecule has 0 aromatic carbocycles. The first-order valence-electron chi connectivity index (χ1n) is 4.00. The molecule has 0 N–H and O–H groups in total. The molecule has 0 aliphatic rings. The van der Waals surface area contributed by atoms with Crippen molar-refractivity contribution in [3.05, 3.63) is 24.0 Å². The summed E-state index contributed by atoms with van der Waals surface area (Å²) in [5.41, 5.74) is 0.657. The zero-order chi connectivity index (χ0) is 9.90. The minimum Gasteiger partial charge on any atom is -0.378 e. The Morgan fingerprint density at radius 1 is 1.54 bits per heavy atom. The van der Waals surface area contributed by atoms with Crippen LogP contribution in [0.5, 0.6) is 0 Å². The second-order valence-electron chi connectivity index (χ2n) is 2.63. The van der Waals surface area contributed by atoms with Crippen molar-refractivity contribution in [1.82, 2.24) is 3.97 Å². The number of aromatic nitrogens is 1. The molecule has 5 heteroatoms. The molecule has 0 saturated carbocycles. The molecule has 0 bridgehead atoms. The van der Waals surface area contributed by atoms with Gasteiger partial charge in [0.1, 0.15) is 0 Å². The Kier molecular flexibility index (Phi) is 3.11. The van der Waals surface area contributed by atoms with Crippen LogP contribution in [0.15, 0.2) is 18.3 Å². The van der Waals surface area contributed by atoms with Crippen LogP contribution in [0.25, 0.3) is 0 Å². The Balaban J connectivity index is 3.07. The molecule has 0 aliphatic heterocycles. The van der Waals surface area contributed by atoms with Crippen molar-refractivity contribution in [3.63, 3.8) is 0 Å². The number of methoxy groups -OCH3 is 1. The molecule has 1 aromatic heterocycles. The lowest BCUT2D eigenvalue weighted by atomic mass is 10.5. The van der Waals surface area contributed by atoms with Crippen molar-refractivity contribution >= 4 is 10.0 Å². The van der Waals surface area contributed by atoms with Gasteiger partial charge in [0, 0.05) is 13.3 Å². The van der Waals surface area contributed by atoms with E-state index < -0.39 is 10.0 Å². The maximum Gasteiger partial charge on any atom is 0.238 e. The fourth-order valence-corrected chi connectivity index (χ4v) is 2.08. The maximum absolute atomic E-state index is 11.5. The lowest BCUT2D eigenvalue weighted by molar-refractivity contribution is 0.181. The summed E-state index contributed by atoms with van der Waals surface area (Å²) < 4.78 is 29.1. The molecule has 0 atom stereocenters. The van der Waals surface area contributed by atoms with Gasteiger partial charge >= 0.3 is 0 Å². The van der Waals surface area contributed by atoms with Crippen molar-refractivity contribution in [1.29, 1.82) is 0 Å². The summed E-state index contributed by atoms with van der Waals surface area (Å²) in [5.74, 6) is 0.0956. The van der Waals surface area contributed by atoms with E-state index in [0.717, 1.165) is 0 Å². The van der Waals surface area contributed by atoms with Gasteiger partial charge in [0.25, 0.3) is 0 Å². The van der Waals surface area contributed by atoms with E-state index in [-0.39, 0.29) is 5.75 Å². The molecule has 0 spiro atoms. The lowest BCUT2D eigenvalue weighted by Crippen LogP contribution is -2.16. The summed E-state index contributed by atoms with van der Waals surface area (Å²) in [6.45, 7) is 1.93. The molecule has 0 saturated heterocycles. The van der Waals surface area contributed by atoms with Crippen molar-refractivity contribution in [2.75, 3.05) is 12.9 Å². The fraction of sp³-hybridized carbons (Fsp3) is 0.500. The molecule has 0 fully saturated rings. The number of ether oxygens (including phenoxy) is 1. The van der Waals surface area contributed by atoms with Crippen LogP contribution in [-0.2, 0) is 21.4 Å². The summed E-state index contributed by atoms with van der Waals surface area (Å²) in [4.78, 5) is 0. The summed E-state index contributed by atoms with van der Waals surface area (Å²) in [6, 6.07) is 3.43. The van der Waals surface area contributed by atoms with E-state index in [1.54, 1.807) is 19.1 Å². The van der Waals surface area contributed by atoms with Gasteiger partial charge in [-0.05, 0) is 19.1 Å². The lowest BCUT2D eigenvalue weighted by Gasteiger charge is -2.07. The highest BCUT2D eigenvalue weighted by Crippen LogP contribution is 2.07. The monoisotopic (exact) mass is 203 g/mol. The molecular formula is C8H13NO3S. The minimum atomic E-state index is -3.17. The quantitative estimate of drug-likeness (QED) is 0.728. The van der Waals surface area contributed by atoms with Gasteiger partial charge in [-0.3, -0.25) is 0 Å². The van der Waals surface area contributed by atoms with Crippen LogP contribution in [0, 0.1) is 0 Å². The van der Waals surface area contributed by atoms with Gasteiger partial charge < -0.3 is 4.74 Å². The van der Waals surface area contributed by atoms with Gasteiger partial charge in [0.15, 0.2) is 0 Å². The molecule has 0 radical (unpaired) electrons. The van der Waals surface area contributed by atoms with Gasteiger partial charge in [0.2, 0.25) is 10.0 Å². The predicted molar refractivity (Wildman–Crippen MR) is 50.0 cm³/mol. The topological polar surface area (TPSA) is 48.3 Å². The van der Waals surface area contributed by atoms with E-state index in [4.69, 9.17) is 4.74 Å². The molecule has 1 aromatic rings. The number of rotatable bonds is 4. The van der Waals surface area contributed by atoms with Gasteiger partial charge in [-0.25, -0.2) is 12.4 Å². The van der Waals surface area contributed by atoms with Crippen molar-refractivity contribution in [2.45, 2.75) is 13.5 Å². The molecule has 1 rings (SSSR count). The Bertz CT molecular complexity index is 366. The zero-order valence-corrected chi connectivity index (χ0v) is 8.54. The second-order valence-corrected chi connectivity index (χ2v) is 4.76. The summed E-state index contributed by atoms with van der Waals surface area (Å²) >= 11 is 0. The van der Waals surface area contributed by atoms with Crippen LogP contribution in [0.3, 0.4) is 0 Å². The van der Waals surface area contributed by atoms with Crippen molar-refractivity contribution < 1.29 is 13.2 Å². The minimum absolute atomic E-state index is 0.0956. The average Bonchev–Trinajstić information content (AvgIpc) is 2.54. The highest BCUT2D eigenvalue weighted by Gasteiger charge is 2.12. The van der Waals surface area contributed by atoms with Crippen LogP contribution in [-0.4, -0.2) is 25.3 Å².